The maximum atomic E-state index is 15.2. The summed E-state index contributed by atoms with van der Waals surface area (Å²) in [6, 6.07) is -1.70. The minimum Gasteiger partial charge on any atom is -0.345 e. The van der Waals surface area contributed by atoms with Crippen LogP contribution in [0.25, 0.3) is 0 Å². The molecule has 56 heavy (non-hydrogen) atoms. The van der Waals surface area contributed by atoms with Gasteiger partial charge in [-0.2, -0.15) is 0 Å². The lowest BCUT2D eigenvalue weighted by molar-refractivity contribution is -0.147. The quantitative estimate of drug-likeness (QED) is 0.210. The van der Waals surface area contributed by atoms with Gasteiger partial charge in [0.1, 0.15) is 6.67 Å². The Morgan fingerprint density at radius 2 is 1.61 bits per heavy atom. The van der Waals surface area contributed by atoms with Gasteiger partial charge in [-0.1, -0.05) is 67.9 Å². The van der Waals surface area contributed by atoms with E-state index in [1.54, 1.807) is 11.0 Å². The zero-order chi connectivity index (χ0) is 41.4. The van der Waals surface area contributed by atoms with Gasteiger partial charge in [-0.15, -0.1) is 6.58 Å². The molecule has 2 heterocycles. The van der Waals surface area contributed by atoms with Crippen LogP contribution >= 0.6 is 0 Å². The van der Waals surface area contributed by atoms with Crippen molar-refractivity contribution in [1.29, 1.82) is 0 Å². The average molecular weight is 803 g/mol. The molecule has 0 aromatic rings. The van der Waals surface area contributed by atoms with E-state index in [-0.39, 0.29) is 70.8 Å². The lowest BCUT2D eigenvalue weighted by Gasteiger charge is -2.38. The summed E-state index contributed by atoms with van der Waals surface area (Å²) < 4.78 is 41.0. The number of fused-ring (bicyclic) bond motifs is 1. The molecule has 4 saturated carbocycles. The van der Waals surface area contributed by atoms with Gasteiger partial charge in [0.15, 0.2) is 11.6 Å². The molecule has 0 unspecified atom stereocenters. The first-order chi connectivity index (χ1) is 25.9. The van der Waals surface area contributed by atoms with Crippen molar-refractivity contribution in [3.8, 4) is 0 Å². The lowest BCUT2D eigenvalue weighted by atomic mass is 9.73. The van der Waals surface area contributed by atoms with Gasteiger partial charge in [-0.25, -0.2) is 12.8 Å². The van der Waals surface area contributed by atoms with Crippen molar-refractivity contribution in [3.63, 3.8) is 0 Å². The van der Waals surface area contributed by atoms with Gasteiger partial charge in [-0.05, 0) is 85.5 Å². The minimum atomic E-state index is -3.84. The predicted octanol–water partition coefficient (Wildman–Crippen LogP) is 5.38. The Kier molecular flexibility index (Phi) is 11.2. The molecule has 2 saturated heterocycles. The number of alkyl halides is 1. The first kappa shape index (κ1) is 42.9. The monoisotopic (exact) mass is 802 g/mol. The van der Waals surface area contributed by atoms with E-state index in [0.29, 0.717) is 45.2 Å². The Balaban J connectivity index is 1.25. The number of allylic oxidation sites excluding steroid dienone is 1. The third-order valence-corrected chi connectivity index (χ3v) is 17.3. The van der Waals surface area contributed by atoms with Crippen LogP contribution < -0.4 is 10.0 Å². The zero-order valence-corrected chi connectivity index (χ0v) is 35.9. The number of hydrogen-bond acceptors (Lipinski definition) is 8. The molecule has 7 atom stereocenters. The van der Waals surface area contributed by atoms with Crippen molar-refractivity contribution in [3.05, 3.63) is 12.7 Å². The second-order valence-corrected chi connectivity index (χ2v) is 23.0. The molecule has 13 heteroatoms. The van der Waals surface area contributed by atoms with Crippen molar-refractivity contribution in [2.75, 3.05) is 32.9 Å². The molecule has 2 spiro atoms. The SMILES string of the molecule is C=C[C@@H]1C[C@]1(CC(=O)[C@@H]1C[C@@]2(CN1C(=O)[C@@H](CC(=O)[C@@H](NC(=O)[C@@H]1CCCN(CCF)C1)C(C)(C)C)C(C)(C)C)C(C)(C)C21CCC1)C(=O)NS(=O)(=O)C1CC1. The number of nitrogens with one attached hydrogen (secondary N) is 2. The Labute approximate surface area is 334 Å². The number of piperidine rings is 1. The van der Waals surface area contributed by atoms with Crippen LogP contribution in [0, 0.1) is 50.2 Å². The van der Waals surface area contributed by atoms with E-state index in [0.717, 1.165) is 32.2 Å². The molecule has 4 aliphatic carbocycles. The van der Waals surface area contributed by atoms with Crippen LogP contribution in [0.2, 0.25) is 0 Å². The number of carbonyl (C=O) groups excluding carboxylic acids is 5. The molecule has 3 amide bonds. The van der Waals surface area contributed by atoms with Gasteiger partial charge in [0.25, 0.3) is 0 Å². The van der Waals surface area contributed by atoms with E-state index in [1.807, 2.05) is 46.4 Å². The number of ketones is 2. The van der Waals surface area contributed by atoms with Crippen LogP contribution in [0.15, 0.2) is 12.7 Å². The number of amides is 3. The number of Topliss-reactive ketones (excluding diaryl/α,β-unsaturated/α-hetero) is 2. The highest BCUT2D eigenvalue weighted by atomic mass is 32.2. The van der Waals surface area contributed by atoms with Crippen LogP contribution in [0.1, 0.15) is 126 Å². The van der Waals surface area contributed by atoms with Crippen LogP contribution in [-0.4, -0.2) is 97.7 Å². The number of sulfonamides is 1. The lowest BCUT2D eigenvalue weighted by Crippen LogP contribution is -2.54. The van der Waals surface area contributed by atoms with E-state index >= 15 is 4.79 Å². The summed E-state index contributed by atoms with van der Waals surface area (Å²) in [6.45, 7) is 21.1. The molecule has 0 bridgehead atoms. The largest absolute Gasteiger partial charge is 0.345 e. The van der Waals surface area contributed by atoms with E-state index in [4.69, 9.17) is 0 Å². The van der Waals surface area contributed by atoms with E-state index in [9.17, 15) is 32.0 Å². The molecule has 0 aromatic heterocycles. The number of carbonyl (C=O) groups is 5. The van der Waals surface area contributed by atoms with Gasteiger partial charge < -0.3 is 10.2 Å². The van der Waals surface area contributed by atoms with Gasteiger partial charge >= 0.3 is 0 Å². The smallest absolute Gasteiger partial charge is 0.240 e. The number of hydrogen-bond donors (Lipinski definition) is 2. The van der Waals surface area contributed by atoms with Gasteiger partial charge in [-0.3, -0.25) is 33.6 Å². The molecular weight excluding hydrogens is 736 g/mol. The van der Waals surface area contributed by atoms with Gasteiger partial charge in [0.2, 0.25) is 27.7 Å². The Bertz CT molecular complexity index is 1740. The van der Waals surface area contributed by atoms with Crippen molar-refractivity contribution < 1.29 is 36.8 Å². The first-order valence-corrected chi connectivity index (χ1v) is 22.6. The molecule has 314 valence electrons. The van der Waals surface area contributed by atoms with Crippen LogP contribution in [0.3, 0.4) is 0 Å². The highest BCUT2D eigenvalue weighted by Gasteiger charge is 2.85. The van der Waals surface area contributed by atoms with E-state index in [1.165, 1.54) is 0 Å². The standard InChI is InChI=1S/C43H67FN4O7S/c1-10-28-22-41(28,37(53)46-56(54,55)29-14-15-29)24-33(50)31-23-43(40(8,9)42(43)16-12-17-42)26-48(31)36(52)30(38(2,3)4)21-32(49)34(39(5,6)7)45-35(51)27-13-11-19-47(25-27)20-18-44/h10,27-31,34H,1,11-26H2,2-9H3,(H,45,51)(H,46,53)/t27-,28-,30-,31+,34-,41-,43-/m1/s1. The summed E-state index contributed by atoms with van der Waals surface area (Å²) in [6.07, 6.45) is 7.60. The van der Waals surface area contributed by atoms with Crippen LogP contribution in [-0.2, 0) is 34.0 Å². The Morgan fingerprint density at radius 1 is 0.946 bits per heavy atom. The molecule has 11 nitrogen and oxygen atoms in total. The summed E-state index contributed by atoms with van der Waals surface area (Å²) in [5.41, 5.74) is -2.98. The normalized spacial score (nSPS) is 31.9. The van der Waals surface area contributed by atoms with E-state index < -0.39 is 62.1 Å². The third kappa shape index (κ3) is 7.31. The molecular formula is C43H67FN4O7S. The first-order valence-electron chi connectivity index (χ1n) is 21.0. The second-order valence-electron chi connectivity index (χ2n) is 21.1. The summed E-state index contributed by atoms with van der Waals surface area (Å²) in [4.78, 5) is 75.3. The number of likely N-dealkylation sites (tertiary alicyclic amines) is 2. The summed E-state index contributed by atoms with van der Waals surface area (Å²) in [7, 11) is -3.84. The van der Waals surface area contributed by atoms with Gasteiger partial charge in [0, 0.05) is 43.8 Å². The fourth-order valence-corrected chi connectivity index (χ4v) is 12.7. The maximum absolute atomic E-state index is 15.2. The van der Waals surface area contributed by atoms with Crippen LogP contribution in [0.5, 0.6) is 0 Å². The molecule has 6 rings (SSSR count). The topological polar surface area (TPSA) is 150 Å². The number of nitrogens with zero attached hydrogens (tertiary/aromatic N) is 2. The van der Waals surface area contributed by atoms with Crippen molar-refractivity contribution in [2.24, 2.45) is 50.2 Å². The predicted molar refractivity (Wildman–Crippen MR) is 212 cm³/mol. The third-order valence-electron chi connectivity index (χ3n) is 15.5. The number of halogens is 1. The van der Waals surface area contributed by atoms with E-state index in [2.05, 4.69) is 30.5 Å². The second kappa shape index (κ2) is 14.6. The average Bonchev–Trinajstić information content (AvgIpc) is 4.02. The van der Waals surface area contributed by atoms with Crippen molar-refractivity contribution in [1.82, 2.24) is 19.8 Å². The molecule has 6 fully saturated rings. The fraction of sp³-hybridized carbons (Fsp3) is 0.837. The highest BCUT2D eigenvalue weighted by molar-refractivity contribution is 7.90. The fourth-order valence-electron chi connectivity index (χ4n) is 11.3. The molecule has 0 radical (unpaired) electrons. The van der Waals surface area contributed by atoms with Crippen molar-refractivity contribution >= 4 is 39.3 Å². The zero-order valence-electron chi connectivity index (χ0n) is 35.1. The Hall–Kier alpha value is -2.67. The van der Waals surface area contributed by atoms with Gasteiger partial charge in [0.05, 0.1) is 28.7 Å². The van der Waals surface area contributed by atoms with Crippen LogP contribution in [0.4, 0.5) is 4.39 Å². The molecule has 0 aromatic carbocycles. The molecule has 2 aliphatic heterocycles. The maximum Gasteiger partial charge on any atom is 0.240 e. The Morgan fingerprint density at radius 3 is 2.11 bits per heavy atom. The summed E-state index contributed by atoms with van der Waals surface area (Å²) >= 11 is 0. The summed E-state index contributed by atoms with van der Waals surface area (Å²) in [5.74, 6) is -3.25. The molecule has 6 aliphatic rings. The number of rotatable bonds is 15. The summed E-state index contributed by atoms with van der Waals surface area (Å²) in [5, 5.41) is 2.45. The highest BCUT2D eigenvalue weighted by Crippen LogP contribution is 2.88. The molecule has 2 N–H and O–H groups in total. The minimum absolute atomic E-state index is 0.0117. The van der Waals surface area contributed by atoms with Crippen molar-refractivity contribution in [2.45, 2.75) is 143 Å².